The number of hydrogen-bond donors (Lipinski definition) is 2. The molecule has 5 rings (SSSR count). The first-order valence-electron chi connectivity index (χ1n) is 9.88. The SMILES string of the molecule is CCc1ccc2c(c1)[C@@H]1[C@H]3CC[C@@H](C3)[C@@H]1[C@@H](c1ccc(C(=O)O)cc1)N2. The molecule has 0 spiro atoms. The molecule has 2 aromatic rings. The highest BCUT2D eigenvalue weighted by Gasteiger charge is 2.53. The van der Waals surface area contributed by atoms with Crippen LogP contribution in [0.2, 0.25) is 0 Å². The Hall–Kier alpha value is -2.29. The van der Waals surface area contributed by atoms with Crippen molar-refractivity contribution >= 4 is 11.7 Å². The van der Waals surface area contributed by atoms with Gasteiger partial charge in [-0.25, -0.2) is 4.79 Å². The maximum atomic E-state index is 11.2. The first kappa shape index (κ1) is 15.9. The number of carboxylic acid groups (broad SMARTS) is 1. The zero-order valence-corrected chi connectivity index (χ0v) is 15.1. The molecule has 3 aliphatic rings. The molecule has 2 aromatic carbocycles. The van der Waals surface area contributed by atoms with Crippen LogP contribution in [0.15, 0.2) is 42.5 Å². The molecular formula is C23H25NO2. The Bertz CT molecular complexity index is 857. The number of hydrogen-bond acceptors (Lipinski definition) is 2. The summed E-state index contributed by atoms with van der Waals surface area (Å²) < 4.78 is 0. The van der Waals surface area contributed by atoms with E-state index >= 15 is 0 Å². The average molecular weight is 347 g/mol. The summed E-state index contributed by atoms with van der Waals surface area (Å²) in [6.45, 7) is 2.23. The fourth-order valence-electron chi connectivity index (χ4n) is 5.92. The molecule has 1 heterocycles. The highest BCUT2D eigenvalue weighted by Crippen LogP contribution is 2.63. The van der Waals surface area contributed by atoms with Gasteiger partial charge in [-0.1, -0.05) is 31.2 Å². The number of aromatic carboxylic acids is 1. The predicted octanol–water partition coefficient (Wildman–Crippen LogP) is 5.24. The van der Waals surface area contributed by atoms with E-state index in [2.05, 4.69) is 30.4 Å². The molecule has 134 valence electrons. The van der Waals surface area contributed by atoms with Gasteiger partial charge in [-0.2, -0.15) is 0 Å². The first-order valence-corrected chi connectivity index (χ1v) is 9.88. The third-order valence-electron chi connectivity index (χ3n) is 7.08. The fraction of sp³-hybridized carbons (Fsp3) is 0.435. The molecule has 2 bridgehead atoms. The van der Waals surface area contributed by atoms with Crippen molar-refractivity contribution in [2.24, 2.45) is 17.8 Å². The third-order valence-corrected chi connectivity index (χ3v) is 7.08. The molecule has 2 aliphatic carbocycles. The molecular weight excluding hydrogens is 322 g/mol. The lowest BCUT2D eigenvalue weighted by Gasteiger charge is -2.43. The van der Waals surface area contributed by atoms with E-state index in [0.29, 0.717) is 17.4 Å². The van der Waals surface area contributed by atoms with E-state index in [-0.39, 0.29) is 6.04 Å². The van der Waals surface area contributed by atoms with Gasteiger partial charge in [-0.15, -0.1) is 0 Å². The fourth-order valence-corrected chi connectivity index (χ4v) is 5.92. The van der Waals surface area contributed by atoms with Crippen molar-refractivity contribution in [2.75, 3.05) is 5.32 Å². The predicted molar refractivity (Wildman–Crippen MR) is 103 cm³/mol. The monoisotopic (exact) mass is 347 g/mol. The van der Waals surface area contributed by atoms with Crippen molar-refractivity contribution in [2.45, 2.75) is 44.6 Å². The Balaban J connectivity index is 1.57. The highest BCUT2D eigenvalue weighted by atomic mass is 16.4. The zero-order valence-electron chi connectivity index (χ0n) is 15.1. The summed E-state index contributed by atoms with van der Waals surface area (Å²) >= 11 is 0. The number of rotatable bonds is 3. The van der Waals surface area contributed by atoms with E-state index < -0.39 is 5.97 Å². The van der Waals surface area contributed by atoms with E-state index in [4.69, 9.17) is 0 Å². The first-order chi connectivity index (χ1) is 12.7. The topological polar surface area (TPSA) is 49.3 Å². The van der Waals surface area contributed by atoms with Gasteiger partial charge in [0.25, 0.3) is 0 Å². The van der Waals surface area contributed by atoms with Gasteiger partial charge in [0.15, 0.2) is 0 Å². The van der Waals surface area contributed by atoms with Crippen LogP contribution in [0.25, 0.3) is 0 Å². The van der Waals surface area contributed by atoms with E-state index in [0.717, 1.165) is 18.3 Å². The van der Waals surface area contributed by atoms with Gasteiger partial charge in [0, 0.05) is 5.69 Å². The summed E-state index contributed by atoms with van der Waals surface area (Å²) in [6.07, 6.45) is 5.15. The minimum atomic E-state index is -0.858. The van der Waals surface area contributed by atoms with Gasteiger partial charge in [0.2, 0.25) is 0 Å². The summed E-state index contributed by atoms with van der Waals surface area (Å²) in [5, 5.41) is 13.0. The quantitative estimate of drug-likeness (QED) is 0.798. The van der Waals surface area contributed by atoms with Crippen LogP contribution < -0.4 is 5.32 Å². The molecule has 1 aliphatic heterocycles. The summed E-state index contributed by atoms with van der Waals surface area (Å²) in [6, 6.07) is 14.7. The van der Waals surface area contributed by atoms with Gasteiger partial charge in [0.1, 0.15) is 0 Å². The molecule has 0 saturated heterocycles. The molecule has 3 heteroatoms. The molecule has 2 saturated carbocycles. The largest absolute Gasteiger partial charge is 0.478 e. The second-order valence-corrected chi connectivity index (χ2v) is 8.26. The number of benzene rings is 2. The van der Waals surface area contributed by atoms with Crippen LogP contribution in [0.5, 0.6) is 0 Å². The maximum absolute atomic E-state index is 11.2. The number of nitrogens with one attached hydrogen (secondary N) is 1. The van der Waals surface area contributed by atoms with Crippen molar-refractivity contribution in [1.82, 2.24) is 0 Å². The van der Waals surface area contributed by atoms with Crippen LogP contribution in [-0.4, -0.2) is 11.1 Å². The Morgan fingerprint density at radius 1 is 1.12 bits per heavy atom. The number of aryl methyl sites for hydroxylation is 1. The Kier molecular flexibility index (Phi) is 3.59. The van der Waals surface area contributed by atoms with E-state index in [1.165, 1.54) is 41.6 Å². The van der Waals surface area contributed by atoms with E-state index in [1.807, 2.05) is 12.1 Å². The lowest BCUT2D eigenvalue weighted by atomic mass is 9.68. The van der Waals surface area contributed by atoms with Crippen LogP contribution >= 0.6 is 0 Å². The van der Waals surface area contributed by atoms with E-state index in [1.54, 1.807) is 12.1 Å². The maximum Gasteiger partial charge on any atom is 0.335 e. The molecule has 0 amide bonds. The van der Waals surface area contributed by atoms with Crippen molar-refractivity contribution in [3.63, 3.8) is 0 Å². The number of anilines is 1. The van der Waals surface area contributed by atoms with Gasteiger partial charge in [-0.05, 0) is 84.2 Å². The molecule has 0 unspecified atom stereocenters. The normalized spacial score (nSPS) is 31.2. The molecule has 0 radical (unpaired) electrons. The average Bonchev–Trinajstić information content (AvgIpc) is 3.29. The van der Waals surface area contributed by atoms with Crippen molar-refractivity contribution in [3.05, 3.63) is 64.7 Å². The molecule has 2 fully saturated rings. The standard InChI is InChI=1S/C23H25NO2/c1-2-13-3-10-19-18(11-13)20-16-8-9-17(12-16)21(20)22(24-19)14-4-6-15(7-5-14)23(25)26/h3-7,10-11,16-17,20-22,24H,2,8-9,12H2,1H3,(H,25,26)/t16-,17-,20-,21-,22+/m0/s1. The van der Waals surface area contributed by atoms with Gasteiger partial charge >= 0.3 is 5.97 Å². The van der Waals surface area contributed by atoms with Crippen LogP contribution in [0.3, 0.4) is 0 Å². The summed E-state index contributed by atoms with van der Waals surface area (Å²) in [5.74, 6) is 2.03. The Labute approximate surface area is 154 Å². The molecule has 26 heavy (non-hydrogen) atoms. The second-order valence-electron chi connectivity index (χ2n) is 8.26. The summed E-state index contributed by atoms with van der Waals surface area (Å²) in [4.78, 5) is 11.2. The molecule has 3 nitrogen and oxygen atoms in total. The molecule has 2 N–H and O–H groups in total. The Morgan fingerprint density at radius 3 is 2.62 bits per heavy atom. The summed E-state index contributed by atoms with van der Waals surface area (Å²) in [7, 11) is 0. The minimum absolute atomic E-state index is 0.290. The number of fused-ring (bicyclic) bond motifs is 7. The third kappa shape index (κ3) is 2.29. The smallest absolute Gasteiger partial charge is 0.335 e. The van der Waals surface area contributed by atoms with E-state index in [9.17, 15) is 9.90 Å². The van der Waals surface area contributed by atoms with Gasteiger partial charge in [-0.3, -0.25) is 0 Å². The van der Waals surface area contributed by atoms with Gasteiger partial charge < -0.3 is 10.4 Å². The molecule has 5 atom stereocenters. The summed E-state index contributed by atoms with van der Waals surface area (Å²) in [5.41, 5.74) is 5.82. The second kappa shape index (κ2) is 5.87. The Morgan fingerprint density at radius 2 is 1.88 bits per heavy atom. The molecule has 0 aromatic heterocycles. The zero-order chi connectivity index (χ0) is 17.8. The lowest BCUT2D eigenvalue weighted by molar-refractivity contribution is 0.0697. The van der Waals surface area contributed by atoms with Crippen LogP contribution in [0, 0.1) is 17.8 Å². The van der Waals surface area contributed by atoms with Gasteiger partial charge in [0.05, 0.1) is 11.6 Å². The van der Waals surface area contributed by atoms with Crippen LogP contribution in [-0.2, 0) is 6.42 Å². The van der Waals surface area contributed by atoms with Crippen LogP contribution in [0.4, 0.5) is 5.69 Å². The lowest BCUT2D eigenvalue weighted by Crippen LogP contribution is -2.35. The van der Waals surface area contributed by atoms with Crippen molar-refractivity contribution < 1.29 is 9.90 Å². The van der Waals surface area contributed by atoms with Crippen LogP contribution in [0.1, 0.15) is 65.2 Å². The highest BCUT2D eigenvalue weighted by molar-refractivity contribution is 5.87. The minimum Gasteiger partial charge on any atom is -0.478 e. The number of carboxylic acids is 1. The van der Waals surface area contributed by atoms with Crippen molar-refractivity contribution in [1.29, 1.82) is 0 Å². The van der Waals surface area contributed by atoms with Crippen molar-refractivity contribution in [3.8, 4) is 0 Å². The number of carbonyl (C=O) groups is 1.